The van der Waals surface area contributed by atoms with Gasteiger partial charge in [-0.25, -0.2) is 15.0 Å². The Morgan fingerprint density at radius 3 is 2.68 bits per heavy atom. The van der Waals surface area contributed by atoms with Crippen molar-refractivity contribution >= 4 is 45.6 Å². The summed E-state index contributed by atoms with van der Waals surface area (Å²) < 4.78 is 21.8. The Hall–Kier alpha value is -4.64. The predicted molar refractivity (Wildman–Crippen MR) is 135 cm³/mol. The highest BCUT2D eigenvalue weighted by Crippen LogP contribution is 2.35. The van der Waals surface area contributed by atoms with Gasteiger partial charge in [-0.1, -0.05) is 6.07 Å². The summed E-state index contributed by atoms with van der Waals surface area (Å²) in [4.78, 5) is 49.7. The van der Waals surface area contributed by atoms with Crippen molar-refractivity contribution in [3.63, 3.8) is 0 Å². The summed E-state index contributed by atoms with van der Waals surface area (Å²) in [5.74, 6) is 0.157. The molecule has 11 nitrogen and oxygen atoms in total. The number of rotatable bonds is 9. The van der Waals surface area contributed by atoms with Gasteiger partial charge in [-0.05, 0) is 18.2 Å². The Bertz CT molecular complexity index is 1430. The number of hydrogen-bond donors (Lipinski definition) is 1. The summed E-state index contributed by atoms with van der Waals surface area (Å²) in [6.07, 6.45) is 2.15. The van der Waals surface area contributed by atoms with E-state index in [0.717, 1.165) is 6.08 Å². The third-order valence-corrected chi connectivity index (χ3v) is 5.22. The largest absolute Gasteiger partial charge is 0.493 e. The molecular weight excluding hydrogens is 480 g/mol. The van der Waals surface area contributed by atoms with Crippen LogP contribution in [0.25, 0.3) is 10.9 Å². The minimum Gasteiger partial charge on any atom is -0.493 e. The summed E-state index contributed by atoms with van der Waals surface area (Å²) >= 11 is 0. The molecule has 0 bridgehead atoms. The number of aromatic nitrogens is 2. The molecule has 1 aliphatic rings. The minimum atomic E-state index is -0.481. The van der Waals surface area contributed by atoms with Gasteiger partial charge in [0.15, 0.2) is 23.1 Å². The van der Waals surface area contributed by atoms with Crippen molar-refractivity contribution in [2.45, 2.75) is 13.3 Å². The first-order chi connectivity index (χ1) is 17.9. The van der Waals surface area contributed by atoms with Crippen LogP contribution in [0.2, 0.25) is 0 Å². The van der Waals surface area contributed by atoms with Crippen molar-refractivity contribution in [2.75, 3.05) is 32.8 Å². The number of Topliss-reactive ketones (excluding diaryl/α,β-unsaturated/α-hetero) is 1. The normalized spacial score (nSPS) is 14.5. The number of aliphatic imine (C=N–C) groups is 1. The molecule has 0 fully saturated rings. The average Bonchev–Trinajstić information content (AvgIpc) is 2.86. The van der Waals surface area contributed by atoms with E-state index in [1.54, 1.807) is 43.5 Å². The van der Waals surface area contributed by atoms with Gasteiger partial charge in [-0.15, -0.1) is 0 Å². The Balaban J connectivity index is 1.60. The zero-order chi connectivity index (χ0) is 26.4. The number of fused-ring (bicyclic) bond motifs is 1. The summed E-state index contributed by atoms with van der Waals surface area (Å²) in [6, 6.07) is 9.85. The number of hydrogen-bond acceptors (Lipinski definition) is 10. The van der Waals surface area contributed by atoms with Crippen molar-refractivity contribution in [1.29, 1.82) is 0 Å². The number of nitrogens with zero attached hydrogens (tertiary/aromatic N) is 3. The number of benzene rings is 2. The molecule has 1 aliphatic carbocycles. The van der Waals surface area contributed by atoms with Gasteiger partial charge in [-0.2, -0.15) is 0 Å². The lowest BCUT2D eigenvalue weighted by Crippen LogP contribution is -2.26. The summed E-state index contributed by atoms with van der Waals surface area (Å²) in [5.41, 5.74) is 1.04. The van der Waals surface area contributed by atoms with Gasteiger partial charge in [-0.3, -0.25) is 14.4 Å². The van der Waals surface area contributed by atoms with Gasteiger partial charge in [0.1, 0.15) is 18.7 Å². The molecule has 1 heterocycles. The molecule has 0 saturated carbocycles. The van der Waals surface area contributed by atoms with Crippen LogP contribution < -0.4 is 19.5 Å². The maximum atomic E-state index is 12.8. The van der Waals surface area contributed by atoms with Crippen LogP contribution in [-0.2, 0) is 19.1 Å². The molecule has 0 aliphatic heterocycles. The fraction of sp³-hybridized carbons (Fsp3) is 0.231. The summed E-state index contributed by atoms with van der Waals surface area (Å²) in [5, 5.41) is 3.15. The smallest absolute Gasteiger partial charge is 0.221 e. The zero-order valence-corrected chi connectivity index (χ0v) is 20.4. The van der Waals surface area contributed by atoms with Gasteiger partial charge in [0.05, 0.1) is 31.4 Å². The lowest BCUT2D eigenvalue weighted by molar-refractivity contribution is -0.118. The maximum absolute atomic E-state index is 12.8. The van der Waals surface area contributed by atoms with Gasteiger partial charge >= 0.3 is 0 Å². The van der Waals surface area contributed by atoms with Crippen LogP contribution in [0.1, 0.15) is 13.3 Å². The molecule has 0 atom stereocenters. The molecule has 190 valence electrons. The first-order valence-electron chi connectivity index (χ1n) is 11.2. The van der Waals surface area contributed by atoms with Gasteiger partial charge in [0, 0.05) is 43.3 Å². The third-order valence-electron chi connectivity index (χ3n) is 5.22. The molecule has 0 radical (unpaired) electrons. The number of ketones is 2. The fourth-order valence-corrected chi connectivity index (χ4v) is 3.53. The molecule has 3 aromatic rings. The van der Waals surface area contributed by atoms with E-state index in [4.69, 9.17) is 18.9 Å². The first kappa shape index (κ1) is 25.5. The summed E-state index contributed by atoms with van der Waals surface area (Å²) in [6.45, 7) is 2.11. The fourth-order valence-electron chi connectivity index (χ4n) is 3.53. The van der Waals surface area contributed by atoms with Crippen molar-refractivity contribution in [2.24, 2.45) is 4.99 Å². The number of carbonyl (C=O) groups excluding carboxylic acids is 3. The molecule has 4 rings (SSSR count). The molecule has 11 heteroatoms. The highest BCUT2D eigenvalue weighted by atomic mass is 16.5. The van der Waals surface area contributed by atoms with Crippen LogP contribution in [0.15, 0.2) is 59.6 Å². The Morgan fingerprint density at radius 2 is 1.92 bits per heavy atom. The maximum Gasteiger partial charge on any atom is 0.221 e. The first-order valence-corrected chi connectivity index (χ1v) is 11.2. The molecule has 1 N–H and O–H groups in total. The second kappa shape index (κ2) is 11.4. The Kier molecular flexibility index (Phi) is 7.84. The second-order valence-electron chi connectivity index (χ2n) is 7.90. The van der Waals surface area contributed by atoms with Crippen LogP contribution >= 0.6 is 0 Å². The lowest BCUT2D eigenvalue weighted by atomic mass is 10.0. The van der Waals surface area contributed by atoms with Gasteiger partial charge < -0.3 is 24.3 Å². The monoisotopic (exact) mass is 504 g/mol. The van der Waals surface area contributed by atoms with E-state index in [1.165, 1.54) is 20.4 Å². The molecule has 0 saturated heterocycles. The SMILES string of the molecule is COCCOc1cc2ncnc(N=C3CC(=O)C(Oc4cccc(NC(C)=O)c4)=CC3=O)c2cc1OC. The van der Waals surface area contributed by atoms with E-state index < -0.39 is 11.6 Å². The molecule has 2 aromatic carbocycles. The quantitative estimate of drug-likeness (QED) is 0.435. The van der Waals surface area contributed by atoms with Crippen molar-refractivity contribution in [3.8, 4) is 17.2 Å². The van der Waals surface area contributed by atoms with Crippen molar-refractivity contribution < 1.29 is 33.3 Å². The van der Waals surface area contributed by atoms with E-state index in [2.05, 4.69) is 20.3 Å². The molecular formula is C26H24N4O7. The second-order valence-corrected chi connectivity index (χ2v) is 7.90. The number of amides is 1. The number of ether oxygens (including phenoxy) is 4. The van der Waals surface area contributed by atoms with Crippen molar-refractivity contribution in [3.05, 3.63) is 54.6 Å². The highest BCUT2D eigenvalue weighted by molar-refractivity contribution is 6.50. The van der Waals surface area contributed by atoms with E-state index in [1.807, 2.05) is 0 Å². The van der Waals surface area contributed by atoms with Crippen LogP contribution in [0.3, 0.4) is 0 Å². The zero-order valence-electron chi connectivity index (χ0n) is 20.4. The molecule has 0 spiro atoms. The summed E-state index contributed by atoms with van der Waals surface area (Å²) in [7, 11) is 3.08. The van der Waals surface area contributed by atoms with Crippen LogP contribution in [0.4, 0.5) is 11.5 Å². The van der Waals surface area contributed by atoms with E-state index in [0.29, 0.717) is 47.1 Å². The number of allylic oxidation sites excluding steroid dienone is 2. The Labute approximate surface area is 212 Å². The topological polar surface area (TPSA) is 138 Å². The molecule has 37 heavy (non-hydrogen) atoms. The number of methoxy groups -OCH3 is 2. The van der Waals surface area contributed by atoms with E-state index >= 15 is 0 Å². The van der Waals surface area contributed by atoms with Crippen LogP contribution in [0.5, 0.6) is 17.2 Å². The van der Waals surface area contributed by atoms with Gasteiger partial charge in [0.2, 0.25) is 17.5 Å². The number of carbonyl (C=O) groups is 3. The van der Waals surface area contributed by atoms with E-state index in [9.17, 15) is 14.4 Å². The predicted octanol–water partition coefficient (Wildman–Crippen LogP) is 3.20. The minimum absolute atomic E-state index is 0.0173. The van der Waals surface area contributed by atoms with E-state index in [-0.39, 0.29) is 29.6 Å². The molecule has 0 unspecified atom stereocenters. The molecule has 1 aromatic heterocycles. The Morgan fingerprint density at radius 1 is 1.08 bits per heavy atom. The van der Waals surface area contributed by atoms with Crippen LogP contribution in [0, 0.1) is 0 Å². The average molecular weight is 504 g/mol. The number of anilines is 1. The highest BCUT2D eigenvalue weighted by Gasteiger charge is 2.27. The molecule has 1 amide bonds. The van der Waals surface area contributed by atoms with Crippen molar-refractivity contribution in [1.82, 2.24) is 9.97 Å². The number of nitrogens with one attached hydrogen (secondary N) is 1. The van der Waals surface area contributed by atoms with Crippen LogP contribution in [-0.4, -0.2) is 60.6 Å². The standard InChI is InChI=1S/C26H24N4O7/c1-15(31)29-16-5-4-6-17(9-16)37-23-13-21(32)20(11-22(23)33)30-26-18-10-24(35-3)25(36-8-7-34-2)12-19(18)27-14-28-26/h4-6,9-10,12-14H,7-8,11H2,1-3H3,(H,29,31). The van der Waals surface area contributed by atoms with Gasteiger partial charge in [0.25, 0.3) is 0 Å². The lowest BCUT2D eigenvalue weighted by Gasteiger charge is -2.15. The third kappa shape index (κ3) is 6.14.